The van der Waals surface area contributed by atoms with Crippen molar-refractivity contribution >= 4 is 17.8 Å². The first kappa shape index (κ1) is 26.0. The fourth-order valence-corrected chi connectivity index (χ4v) is 3.57. The van der Waals surface area contributed by atoms with Crippen LogP contribution in [-0.4, -0.2) is 42.1 Å². The zero-order valence-electron chi connectivity index (χ0n) is 19.6. The number of unbranched alkanes of at least 4 members (excludes halogenated alkanes) is 1. The van der Waals surface area contributed by atoms with Gasteiger partial charge in [0.2, 0.25) is 5.91 Å². The fourth-order valence-electron chi connectivity index (χ4n) is 3.57. The van der Waals surface area contributed by atoms with Crippen LogP contribution >= 0.6 is 0 Å². The molecule has 0 aliphatic carbocycles. The van der Waals surface area contributed by atoms with Gasteiger partial charge >= 0.3 is 5.97 Å². The van der Waals surface area contributed by atoms with E-state index in [0.717, 1.165) is 19.3 Å². The highest BCUT2D eigenvalue weighted by Gasteiger charge is 2.23. The van der Waals surface area contributed by atoms with Gasteiger partial charge in [0.15, 0.2) is 6.61 Å². The molecule has 0 saturated heterocycles. The number of benzene rings is 2. The van der Waals surface area contributed by atoms with Gasteiger partial charge in [-0.2, -0.15) is 5.26 Å². The monoisotopic (exact) mass is 489 g/mol. The largest absolute Gasteiger partial charge is 0.481 e. The third kappa shape index (κ3) is 8.02. The Labute approximate surface area is 208 Å². The van der Waals surface area contributed by atoms with Crippen molar-refractivity contribution in [2.75, 3.05) is 13.2 Å². The number of furan rings is 1. The molecule has 1 heterocycles. The molecule has 0 spiro atoms. The van der Waals surface area contributed by atoms with Gasteiger partial charge in [-0.05, 0) is 48.6 Å². The van der Waals surface area contributed by atoms with E-state index in [1.54, 1.807) is 6.07 Å². The van der Waals surface area contributed by atoms with Crippen LogP contribution in [0.15, 0.2) is 71.5 Å². The van der Waals surface area contributed by atoms with E-state index in [-0.39, 0.29) is 29.2 Å². The number of carbonyl (C=O) groups excluding carboxylic acids is 2. The van der Waals surface area contributed by atoms with Crippen LogP contribution in [0.5, 0.6) is 5.75 Å². The quantitative estimate of drug-likeness (QED) is 0.313. The second-order valence-corrected chi connectivity index (χ2v) is 8.10. The number of aryl methyl sites for hydroxylation is 1. The van der Waals surface area contributed by atoms with Gasteiger partial charge in [-0.15, -0.1) is 0 Å². The molecule has 9 nitrogen and oxygen atoms in total. The van der Waals surface area contributed by atoms with Crippen LogP contribution in [0.4, 0.5) is 0 Å². The Morgan fingerprint density at radius 3 is 2.56 bits per heavy atom. The molecule has 2 aromatic carbocycles. The molecule has 9 heteroatoms. The van der Waals surface area contributed by atoms with E-state index < -0.39 is 24.5 Å². The van der Waals surface area contributed by atoms with Gasteiger partial charge in [0.05, 0.1) is 17.4 Å². The number of aliphatic carboxylic acids is 1. The first-order valence-corrected chi connectivity index (χ1v) is 11.5. The van der Waals surface area contributed by atoms with Crippen LogP contribution in [0.25, 0.3) is 0 Å². The van der Waals surface area contributed by atoms with E-state index in [0.29, 0.717) is 12.1 Å². The lowest BCUT2D eigenvalue weighted by molar-refractivity contribution is -0.139. The minimum atomic E-state index is -1.16. The van der Waals surface area contributed by atoms with Crippen LogP contribution in [0.3, 0.4) is 0 Å². The molecule has 0 aliphatic rings. The van der Waals surface area contributed by atoms with Gasteiger partial charge in [-0.3, -0.25) is 9.59 Å². The zero-order chi connectivity index (χ0) is 25.8. The number of nitrogens with zero attached hydrogens (tertiary/aromatic N) is 1. The van der Waals surface area contributed by atoms with Crippen molar-refractivity contribution < 1.29 is 28.6 Å². The summed E-state index contributed by atoms with van der Waals surface area (Å²) in [7, 11) is 0. The Kier molecular flexibility index (Phi) is 9.65. The van der Waals surface area contributed by atoms with E-state index >= 15 is 0 Å². The van der Waals surface area contributed by atoms with Crippen molar-refractivity contribution in [3.05, 3.63) is 89.4 Å². The fraction of sp³-hybridized carbons (Fsp3) is 0.259. The maximum absolute atomic E-state index is 13.0. The SMILES string of the molecule is N#Cc1cc(CC(NC(=O)c2ccoc2)C(=O)NCCCCc2ccccc2)ccc1OCC(=O)O. The third-order valence-electron chi connectivity index (χ3n) is 5.39. The van der Waals surface area contributed by atoms with Crippen molar-refractivity contribution in [3.8, 4) is 11.8 Å². The maximum Gasteiger partial charge on any atom is 0.341 e. The molecule has 36 heavy (non-hydrogen) atoms. The van der Waals surface area contributed by atoms with E-state index in [1.807, 2.05) is 24.3 Å². The molecule has 0 aliphatic heterocycles. The van der Waals surface area contributed by atoms with Gasteiger partial charge in [0.1, 0.15) is 24.1 Å². The Hall–Kier alpha value is -4.58. The van der Waals surface area contributed by atoms with Gasteiger partial charge in [-0.1, -0.05) is 36.4 Å². The molecule has 3 rings (SSSR count). The van der Waals surface area contributed by atoms with Crippen LogP contribution in [0, 0.1) is 11.3 Å². The molecule has 2 amide bonds. The molecule has 186 valence electrons. The van der Waals surface area contributed by atoms with E-state index in [1.165, 1.54) is 36.3 Å². The molecular formula is C27H27N3O6. The summed E-state index contributed by atoms with van der Waals surface area (Å²) in [6, 6.07) is 17.3. The van der Waals surface area contributed by atoms with Crippen LogP contribution < -0.4 is 15.4 Å². The lowest BCUT2D eigenvalue weighted by Crippen LogP contribution is -2.48. The second-order valence-electron chi connectivity index (χ2n) is 8.10. The van der Waals surface area contributed by atoms with Gasteiger partial charge in [0, 0.05) is 13.0 Å². The van der Waals surface area contributed by atoms with Crippen molar-refractivity contribution in [1.29, 1.82) is 5.26 Å². The van der Waals surface area contributed by atoms with Crippen LogP contribution in [-0.2, 0) is 22.4 Å². The van der Waals surface area contributed by atoms with Crippen molar-refractivity contribution in [2.24, 2.45) is 0 Å². The Morgan fingerprint density at radius 2 is 1.86 bits per heavy atom. The highest BCUT2D eigenvalue weighted by atomic mass is 16.5. The highest BCUT2D eigenvalue weighted by molar-refractivity contribution is 5.97. The standard InChI is InChI=1S/C27H27N3O6/c28-16-22-14-20(9-10-24(22)36-18-25(31)32)15-23(30-26(33)21-11-13-35-17-21)27(34)29-12-5-4-8-19-6-2-1-3-7-19/h1-3,6-7,9-11,13-14,17,23H,4-5,8,12,15,18H2,(H,29,34)(H,30,33)(H,31,32). The molecule has 3 N–H and O–H groups in total. The molecule has 1 atom stereocenters. The number of hydrogen-bond donors (Lipinski definition) is 3. The number of nitrogens with one attached hydrogen (secondary N) is 2. The van der Waals surface area contributed by atoms with E-state index in [9.17, 15) is 19.6 Å². The molecule has 0 saturated carbocycles. The minimum absolute atomic E-state index is 0.118. The van der Waals surface area contributed by atoms with E-state index in [2.05, 4.69) is 22.8 Å². The molecular weight excluding hydrogens is 462 g/mol. The zero-order valence-corrected chi connectivity index (χ0v) is 19.6. The Morgan fingerprint density at radius 1 is 1.06 bits per heavy atom. The number of nitriles is 1. The third-order valence-corrected chi connectivity index (χ3v) is 5.39. The van der Waals surface area contributed by atoms with Gasteiger partial charge in [-0.25, -0.2) is 4.79 Å². The normalized spacial score (nSPS) is 11.2. The average Bonchev–Trinajstić information content (AvgIpc) is 3.43. The molecule has 0 fully saturated rings. The van der Waals surface area contributed by atoms with Crippen molar-refractivity contribution in [1.82, 2.24) is 10.6 Å². The molecule has 0 radical (unpaired) electrons. The summed E-state index contributed by atoms with van der Waals surface area (Å²) in [5.41, 5.74) is 2.25. The van der Waals surface area contributed by atoms with Crippen molar-refractivity contribution in [3.63, 3.8) is 0 Å². The predicted octanol–water partition coefficient (Wildman–Crippen LogP) is 3.09. The molecule has 1 aromatic heterocycles. The molecule has 1 unspecified atom stereocenters. The number of rotatable bonds is 13. The van der Waals surface area contributed by atoms with Crippen LogP contribution in [0.2, 0.25) is 0 Å². The predicted molar refractivity (Wildman–Crippen MR) is 130 cm³/mol. The summed E-state index contributed by atoms with van der Waals surface area (Å²) in [4.78, 5) is 36.3. The first-order chi connectivity index (χ1) is 17.5. The summed E-state index contributed by atoms with van der Waals surface area (Å²) in [6.45, 7) is -0.126. The molecule has 0 bridgehead atoms. The maximum atomic E-state index is 13.0. The van der Waals surface area contributed by atoms with E-state index in [4.69, 9.17) is 14.3 Å². The Balaban J connectivity index is 1.63. The summed E-state index contributed by atoms with van der Waals surface area (Å²) >= 11 is 0. The average molecular weight is 490 g/mol. The van der Waals surface area contributed by atoms with Crippen LogP contribution in [0.1, 0.15) is 39.9 Å². The Bertz CT molecular complexity index is 1200. The number of carboxylic acids is 1. The number of carboxylic acid groups (broad SMARTS) is 1. The number of ether oxygens (including phenoxy) is 1. The van der Waals surface area contributed by atoms with Gasteiger partial charge in [0.25, 0.3) is 5.91 Å². The van der Waals surface area contributed by atoms with Gasteiger partial charge < -0.3 is 24.9 Å². The summed E-state index contributed by atoms with van der Waals surface area (Å²) in [5.74, 6) is -1.85. The highest BCUT2D eigenvalue weighted by Crippen LogP contribution is 2.20. The number of carbonyl (C=O) groups is 3. The number of amides is 2. The topological polar surface area (TPSA) is 142 Å². The lowest BCUT2D eigenvalue weighted by atomic mass is 10.0. The summed E-state index contributed by atoms with van der Waals surface area (Å²) < 4.78 is 10.1. The number of hydrogen-bond acceptors (Lipinski definition) is 6. The summed E-state index contributed by atoms with van der Waals surface area (Å²) in [6.07, 6.45) is 5.36. The second kappa shape index (κ2) is 13.3. The smallest absolute Gasteiger partial charge is 0.341 e. The van der Waals surface area contributed by atoms with Crippen molar-refractivity contribution in [2.45, 2.75) is 31.7 Å². The summed E-state index contributed by atoms with van der Waals surface area (Å²) in [5, 5.41) is 23.8. The molecule has 3 aromatic rings. The first-order valence-electron chi connectivity index (χ1n) is 11.5. The lowest BCUT2D eigenvalue weighted by Gasteiger charge is -2.19. The minimum Gasteiger partial charge on any atom is -0.481 e.